The highest BCUT2D eigenvalue weighted by molar-refractivity contribution is 5.30. The molecule has 4 nitrogen and oxygen atoms in total. The van der Waals surface area contributed by atoms with Gasteiger partial charge in [-0.1, -0.05) is 31.2 Å². The molecule has 0 atom stereocenters. The summed E-state index contributed by atoms with van der Waals surface area (Å²) in [4.78, 5) is 4.69. The zero-order valence-corrected chi connectivity index (χ0v) is 12.9. The number of fused-ring (bicyclic) bond motifs is 1. The second-order valence-corrected chi connectivity index (χ2v) is 5.58. The molecule has 2 aromatic rings. The predicted octanol–water partition coefficient (Wildman–Crippen LogP) is 2.67. The molecule has 21 heavy (non-hydrogen) atoms. The smallest absolute Gasteiger partial charge is 0.297 e. The van der Waals surface area contributed by atoms with Gasteiger partial charge >= 0.3 is 0 Å². The van der Waals surface area contributed by atoms with Crippen LogP contribution in [0.2, 0.25) is 0 Å². The van der Waals surface area contributed by atoms with E-state index in [1.807, 2.05) is 0 Å². The molecule has 1 aromatic heterocycles. The lowest BCUT2D eigenvalue weighted by Crippen LogP contribution is -2.25. The molecule has 0 saturated carbocycles. The molecule has 1 aliphatic heterocycles. The molecule has 0 aliphatic carbocycles. The summed E-state index contributed by atoms with van der Waals surface area (Å²) < 4.78 is 8.13. The first-order valence-corrected chi connectivity index (χ1v) is 7.76. The largest absolute Gasteiger partial charge is 0.465 e. The van der Waals surface area contributed by atoms with Crippen LogP contribution in [0, 0.1) is 6.92 Å². The molecule has 2 heterocycles. The summed E-state index contributed by atoms with van der Waals surface area (Å²) >= 11 is 0. The van der Waals surface area contributed by atoms with Gasteiger partial charge < -0.3 is 10.1 Å². The molecule has 0 saturated heterocycles. The van der Waals surface area contributed by atoms with Crippen molar-refractivity contribution >= 4 is 0 Å². The van der Waals surface area contributed by atoms with E-state index in [2.05, 4.69) is 48.0 Å². The Kier molecular flexibility index (Phi) is 4.25. The number of imidazole rings is 1. The van der Waals surface area contributed by atoms with Gasteiger partial charge in [-0.25, -0.2) is 0 Å². The summed E-state index contributed by atoms with van der Waals surface area (Å²) in [5, 5.41) is 3.38. The number of hydrogen-bond donors (Lipinski definition) is 1. The first-order chi connectivity index (χ1) is 10.3. The van der Waals surface area contributed by atoms with Crippen LogP contribution in [0.3, 0.4) is 0 Å². The van der Waals surface area contributed by atoms with E-state index in [0.717, 1.165) is 50.8 Å². The Labute approximate surface area is 126 Å². The van der Waals surface area contributed by atoms with Gasteiger partial charge in [-0.2, -0.15) is 4.98 Å². The van der Waals surface area contributed by atoms with Gasteiger partial charge in [-0.3, -0.25) is 4.57 Å². The molecule has 112 valence electrons. The Morgan fingerprint density at radius 3 is 3.00 bits per heavy atom. The number of benzene rings is 1. The van der Waals surface area contributed by atoms with Crippen LogP contribution in [0.4, 0.5) is 0 Å². The molecule has 0 spiro atoms. The molecule has 1 aromatic carbocycles. The van der Waals surface area contributed by atoms with Gasteiger partial charge in [0.05, 0.1) is 18.8 Å². The maximum atomic E-state index is 5.88. The van der Waals surface area contributed by atoms with E-state index in [0.29, 0.717) is 0 Å². The molecule has 3 rings (SSSR count). The second kappa shape index (κ2) is 6.31. The third kappa shape index (κ3) is 2.95. The third-order valence-electron chi connectivity index (χ3n) is 3.98. The molecule has 0 fully saturated rings. The molecule has 1 N–H and O–H groups in total. The quantitative estimate of drug-likeness (QED) is 0.918. The standard InChI is InChI=1S/C17H23N3O/c1-3-10-21-17-19-15-11-18-9-8-16(15)20(17)12-14-7-5-4-6-13(14)2/h4-7,18H,3,8-12H2,1-2H3. The minimum absolute atomic E-state index is 0.719. The highest BCUT2D eigenvalue weighted by atomic mass is 16.5. The fourth-order valence-electron chi connectivity index (χ4n) is 2.77. The van der Waals surface area contributed by atoms with Crippen molar-refractivity contribution in [1.29, 1.82) is 0 Å². The first-order valence-electron chi connectivity index (χ1n) is 7.76. The zero-order chi connectivity index (χ0) is 14.7. The fraction of sp³-hybridized carbons (Fsp3) is 0.471. The normalized spacial score (nSPS) is 14.0. The summed E-state index contributed by atoms with van der Waals surface area (Å²) in [6.07, 6.45) is 2.02. The maximum absolute atomic E-state index is 5.88. The number of aryl methyl sites for hydroxylation is 1. The van der Waals surface area contributed by atoms with Crippen LogP contribution in [0.15, 0.2) is 24.3 Å². The minimum Gasteiger partial charge on any atom is -0.465 e. The number of aromatic nitrogens is 2. The molecular formula is C17H23N3O. The van der Waals surface area contributed by atoms with Crippen molar-refractivity contribution in [2.45, 2.75) is 39.8 Å². The van der Waals surface area contributed by atoms with Crippen LogP contribution in [-0.4, -0.2) is 22.7 Å². The number of nitrogens with one attached hydrogen (secondary N) is 1. The molecule has 1 aliphatic rings. The van der Waals surface area contributed by atoms with Crippen molar-refractivity contribution in [2.24, 2.45) is 0 Å². The van der Waals surface area contributed by atoms with Crippen LogP contribution in [0.5, 0.6) is 6.01 Å². The van der Waals surface area contributed by atoms with Gasteiger partial charge in [-0.05, 0) is 24.5 Å². The van der Waals surface area contributed by atoms with Crippen molar-refractivity contribution in [1.82, 2.24) is 14.9 Å². The number of nitrogens with zero attached hydrogens (tertiary/aromatic N) is 2. The van der Waals surface area contributed by atoms with E-state index in [-0.39, 0.29) is 0 Å². The molecular weight excluding hydrogens is 262 g/mol. The van der Waals surface area contributed by atoms with Crippen LogP contribution in [0.1, 0.15) is 35.9 Å². The molecule has 0 amide bonds. The Hall–Kier alpha value is -1.81. The maximum Gasteiger partial charge on any atom is 0.297 e. The van der Waals surface area contributed by atoms with Crippen molar-refractivity contribution in [3.05, 3.63) is 46.8 Å². The molecule has 0 radical (unpaired) electrons. The van der Waals surface area contributed by atoms with E-state index < -0.39 is 0 Å². The second-order valence-electron chi connectivity index (χ2n) is 5.58. The highest BCUT2D eigenvalue weighted by Crippen LogP contribution is 2.23. The van der Waals surface area contributed by atoms with Gasteiger partial charge in [0, 0.05) is 25.2 Å². The summed E-state index contributed by atoms with van der Waals surface area (Å²) in [6.45, 7) is 7.70. The van der Waals surface area contributed by atoms with Crippen molar-refractivity contribution < 1.29 is 4.74 Å². The van der Waals surface area contributed by atoms with Crippen LogP contribution < -0.4 is 10.1 Å². The van der Waals surface area contributed by atoms with E-state index in [1.54, 1.807) is 0 Å². The number of hydrogen-bond acceptors (Lipinski definition) is 3. The van der Waals surface area contributed by atoms with Gasteiger partial charge in [0.2, 0.25) is 0 Å². The summed E-state index contributed by atoms with van der Waals surface area (Å²) in [6, 6.07) is 9.30. The lowest BCUT2D eigenvalue weighted by atomic mass is 10.1. The van der Waals surface area contributed by atoms with E-state index in [1.165, 1.54) is 16.8 Å². The Bertz CT molecular complexity index is 618. The predicted molar refractivity (Wildman–Crippen MR) is 83.7 cm³/mol. The fourth-order valence-corrected chi connectivity index (χ4v) is 2.77. The lowest BCUT2D eigenvalue weighted by molar-refractivity contribution is 0.279. The Morgan fingerprint density at radius 1 is 1.33 bits per heavy atom. The highest BCUT2D eigenvalue weighted by Gasteiger charge is 2.21. The number of ether oxygens (including phenoxy) is 1. The van der Waals surface area contributed by atoms with Crippen LogP contribution >= 0.6 is 0 Å². The van der Waals surface area contributed by atoms with E-state index >= 15 is 0 Å². The molecule has 0 unspecified atom stereocenters. The topological polar surface area (TPSA) is 39.1 Å². The number of rotatable bonds is 5. The molecule has 0 bridgehead atoms. The van der Waals surface area contributed by atoms with Crippen molar-refractivity contribution in [2.75, 3.05) is 13.2 Å². The zero-order valence-electron chi connectivity index (χ0n) is 12.9. The van der Waals surface area contributed by atoms with E-state index in [9.17, 15) is 0 Å². The van der Waals surface area contributed by atoms with E-state index in [4.69, 9.17) is 9.72 Å². The SMILES string of the molecule is CCCOc1nc2c(n1Cc1ccccc1C)CCNC2. The van der Waals surface area contributed by atoms with Crippen molar-refractivity contribution in [3.8, 4) is 6.01 Å². The average molecular weight is 285 g/mol. The minimum atomic E-state index is 0.719. The van der Waals surface area contributed by atoms with Crippen molar-refractivity contribution in [3.63, 3.8) is 0 Å². The average Bonchev–Trinajstić information content (AvgIpc) is 2.85. The monoisotopic (exact) mass is 285 g/mol. The lowest BCUT2D eigenvalue weighted by Gasteiger charge is -2.17. The van der Waals surface area contributed by atoms with Gasteiger partial charge in [-0.15, -0.1) is 0 Å². The Morgan fingerprint density at radius 2 is 2.19 bits per heavy atom. The molecule has 4 heteroatoms. The van der Waals surface area contributed by atoms with Crippen LogP contribution in [0.25, 0.3) is 0 Å². The summed E-state index contributed by atoms with van der Waals surface area (Å²) in [5.74, 6) is 0. The summed E-state index contributed by atoms with van der Waals surface area (Å²) in [7, 11) is 0. The van der Waals surface area contributed by atoms with Gasteiger partial charge in [0.25, 0.3) is 6.01 Å². The van der Waals surface area contributed by atoms with Gasteiger partial charge in [0.15, 0.2) is 0 Å². The summed E-state index contributed by atoms with van der Waals surface area (Å²) in [5.41, 5.74) is 5.11. The van der Waals surface area contributed by atoms with Crippen LogP contribution in [-0.2, 0) is 19.5 Å². The van der Waals surface area contributed by atoms with Gasteiger partial charge in [0.1, 0.15) is 0 Å². The third-order valence-corrected chi connectivity index (χ3v) is 3.98. The first kappa shape index (κ1) is 14.1. The Balaban J connectivity index is 1.95.